The maximum Gasteiger partial charge on any atom is 0.248 e. The molecule has 7 nitrogen and oxygen atoms in total. The van der Waals surface area contributed by atoms with Crippen molar-refractivity contribution in [1.29, 1.82) is 0 Å². The highest BCUT2D eigenvalue weighted by Gasteiger charge is 2.09. The standard InChI is InChI=1S/C17H18N4O3S/c1-21-10-11-25-17(21)18-14(22)4-3-5-15-19-16(20-24-15)12-6-8-13(23-2)9-7-12/h6-11H,3-5H2,1-2H3. The Hall–Kier alpha value is -2.74. The third-order valence-corrected chi connectivity index (χ3v) is 4.43. The van der Waals surface area contributed by atoms with Crippen LogP contribution in [0.5, 0.6) is 5.75 Å². The Morgan fingerprint density at radius 1 is 1.36 bits per heavy atom. The van der Waals surface area contributed by atoms with Crippen molar-refractivity contribution in [1.82, 2.24) is 14.7 Å². The molecule has 0 spiro atoms. The van der Waals surface area contributed by atoms with Crippen molar-refractivity contribution in [3.05, 3.63) is 46.5 Å². The fraction of sp³-hybridized carbons (Fsp3) is 0.294. The Morgan fingerprint density at radius 3 is 2.84 bits per heavy atom. The van der Waals surface area contributed by atoms with Crippen molar-refractivity contribution in [3.63, 3.8) is 0 Å². The van der Waals surface area contributed by atoms with E-state index < -0.39 is 0 Å². The van der Waals surface area contributed by atoms with E-state index in [0.717, 1.165) is 11.3 Å². The molecule has 8 heteroatoms. The highest BCUT2D eigenvalue weighted by molar-refractivity contribution is 7.07. The number of benzene rings is 1. The first kappa shape index (κ1) is 17.1. The summed E-state index contributed by atoms with van der Waals surface area (Å²) in [7, 11) is 3.48. The molecule has 0 fully saturated rings. The van der Waals surface area contributed by atoms with Gasteiger partial charge in [-0.3, -0.25) is 4.79 Å². The first-order valence-corrected chi connectivity index (χ1v) is 8.68. The smallest absolute Gasteiger partial charge is 0.248 e. The van der Waals surface area contributed by atoms with Crippen molar-refractivity contribution >= 4 is 17.2 Å². The molecular weight excluding hydrogens is 340 g/mol. The van der Waals surface area contributed by atoms with Crippen LogP contribution in [0.1, 0.15) is 18.7 Å². The van der Waals surface area contributed by atoms with Gasteiger partial charge >= 0.3 is 0 Å². The average Bonchev–Trinajstić information content (AvgIpc) is 3.25. The molecule has 1 aromatic carbocycles. The maximum atomic E-state index is 11.9. The van der Waals surface area contributed by atoms with E-state index >= 15 is 0 Å². The molecule has 0 saturated carbocycles. The van der Waals surface area contributed by atoms with Crippen molar-refractivity contribution in [2.24, 2.45) is 12.0 Å². The Bertz CT molecular complexity index is 908. The molecule has 0 saturated heterocycles. The largest absolute Gasteiger partial charge is 0.497 e. The van der Waals surface area contributed by atoms with Gasteiger partial charge in [0, 0.05) is 37.0 Å². The second kappa shape index (κ2) is 7.89. The Morgan fingerprint density at radius 2 is 2.16 bits per heavy atom. The molecule has 2 aromatic heterocycles. The van der Waals surface area contributed by atoms with E-state index in [9.17, 15) is 4.79 Å². The van der Waals surface area contributed by atoms with Crippen LogP contribution in [0.3, 0.4) is 0 Å². The topological polar surface area (TPSA) is 82.5 Å². The van der Waals surface area contributed by atoms with E-state index in [1.165, 1.54) is 11.3 Å². The summed E-state index contributed by atoms with van der Waals surface area (Å²) >= 11 is 1.44. The van der Waals surface area contributed by atoms with Crippen LogP contribution in [0.4, 0.5) is 0 Å². The quantitative estimate of drug-likeness (QED) is 0.676. The number of nitrogens with zero attached hydrogens (tertiary/aromatic N) is 4. The zero-order valence-corrected chi connectivity index (χ0v) is 14.8. The van der Waals surface area contributed by atoms with Gasteiger partial charge in [0.1, 0.15) is 5.75 Å². The summed E-state index contributed by atoms with van der Waals surface area (Å²) in [6.07, 6.45) is 3.37. The van der Waals surface area contributed by atoms with Gasteiger partial charge in [0.2, 0.25) is 17.6 Å². The first-order valence-electron chi connectivity index (χ1n) is 7.80. The van der Waals surface area contributed by atoms with Crippen molar-refractivity contribution in [2.45, 2.75) is 19.3 Å². The van der Waals surface area contributed by atoms with Gasteiger partial charge in [-0.25, -0.2) is 0 Å². The van der Waals surface area contributed by atoms with Gasteiger partial charge in [-0.1, -0.05) is 5.16 Å². The molecule has 2 heterocycles. The van der Waals surface area contributed by atoms with E-state index in [0.29, 0.717) is 35.8 Å². The number of aromatic nitrogens is 3. The van der Waals surface area contributed by atoms with Crippen molar-refractivity contribution in [2.75, 3.05) is 7.11 Å². The third-order valence-electron chi connectivity index (χ3n) is 3.58. The number of ether oxygens (including phenoxy) is 1. The lowest BCUT2D eigenvalue weighted by molar-refractivity contribution is -0.118. The normalized spacial score (nSPS) is 11.7. The number of thiazole rings is 1. The SMILES string of the molecule is COc1ccc(-c2noc(CCCC(=O)N=c3sccn3C)n2)cc1. The van der Waals surface area contributed by atoms with Crippen LogP contribution in [0.2, 0.25) is 0 Å². The van der Waals surface area contributed by atoms with Crippen LogP contribution in [-0.4, -0.2) is 27.7 Å². The molecule has 0 aliphatic rings. The van der Waals surface area contributed by atoms with E-state index in [2.05, 4.69) is 15.1 Å². The van der Waals surface area contributed by atoms with Gasteiger partial charge in [0.25, 0.3) is 0 Å². The maximum absolute atomic E-state index is 11.9. The predicted molar refractivity (Wildman–Crippen MR) is 93.1 cm³/mol. The third kappa shape index (κ3) is 4.42. The lowest BCUT2D eigenvalue weighted by Gasteiger charge is -1.98. The van der Waals surface area contributed by atoms with Crippen LogP contribution < -0.4 is 9.54 Å². The molecule has 25 heavy (non-hydrogen) atoms. The van der Waals surface area contributed by atoms with Crippen molar-refractivity contribution in [3.8, 4) is 17.1 Å². The zero-order chi connectivity index (χ0) is 17.6. The molecule has 0 radical (unpaired) electrons. The summed E-state index contributed by atoms with van der Waals surface area (Å²) < 4.78 is 12.2. The fourth-order valence-corrected chi connectivity index (χ4v) is 2.95. The zero-order valence-electron chi connectivity index (χ0n) is 14.0. The van der Waals surface area contributed by atoms with Gasteiger partial charge in [0.15, 0.2) is 4.80 Å². The molecule has 0 N–H and O–H groups in total. The molecule has 3 rings (SSSR count). The highest BCUT2D eigenvalue weighted by Crippen LogP contribution is 2.20. The molecule has 0 unspecified atom stereocenters. The number of amides is 1. The molecule has 0 aliphatic carbocycles. The van der Waals surface area contributed by atoms with E-state index in [1.807, 2.05) is 47.5 Å². The highest BCUT2D eigenvalue weighted by atomic mass is 32.1. The van der Waals surface area contributed by atoms with E-state index in [4.69, 9.17) is 9.26 Å². The summed E-state index contributed by atoms with van der Waals surface area (Å²) in [6.45, 7) is 0. The minimum Gasteiger partial charge on any atom is -0.497 e. The first-order chi connectivity index (χ1) is 12.2. The molecular formula is C17H18N4O3S. The Balaban J connectivity index is 1.55. The van der Waals surface area contributed by atoms with Gasteiger partial charge in [-0.05, 0) is 30.7 Å². The fourth-order valence-electron chi connectivity index (χ4n) is 2.20. The molecule has 0 bridgehead atoms. The molecule has 130 valence electrons. The lowest BCUT2D eigenvalue weighted by atomic mass is 10.2. The molecule has 0 atom stereocenters. The summed E-state index contributed by atoms with van der Waals surface area (Å²) in [6, 6.07) is 7.43. The van der Waals surface area contributed by atoms with Gasteiger partial charge < -0.3 is 13.8 Å². The van der Waals surface area contributed by atoms with Gasteiger partial charge in [-0.2, -0.15) is 9.98 Å². The van der Waals surface area contributed by atoms with Crippen LogP contribution in [0.15, 0.2) is 45.4 Å². The van der Waals surface area contributed by atoms with E-state index in [1.54, 1.807) is 7.11 Å². The second-order valence-corrected chi connectivity index (χ2v) is 6.27. The summed E-state index contributed by atoms with van der Waals surface area (Å²) in [5.41, 5.74) is 0.854. The van der Waals surface area contributed by atoms with Crippen LogP contribution in [-0.2, 0) is 18.3 Å². The number of rotatable bonds is 6. The van der Waals surface area contributed by atoms with Crippen LogP contribution in [0, 0.1) is 0 Å². The number of hydrogen-bond donors (Lipinski definition) is 0. The predicted octanol–water partition coefficient (Wildman–Crippen LogP) is 2.60. The number of hydrogen-bond acceptors (Lipinski definition) is 6. The molecule has 1 amide bonds. The summed E-state index contributed by atoms with van der Waals surface area (Å²) in [5, 5.41) is 5.87. The van der Waals surface area contributed by atoms with Crippen LogP contribution in [0.25, 0.3) is 11.4 Å². The number of carbonyl (C=O) groups is 1. The van der Waals surface area contributed by atoms with Gasteiger partial charge in [-0.15, -0.1) is 11.3 Å². The number of aryl methyl sites for hydroxylation is 2. The average molecular weight is 358 g/mol. The van der Waals surface area contributed by atoms with Gasteiger partial charge in [0.05, 0.1) is 7.11 Å². The minimum absolute atomic E-state index is 0.145. The number of carbonyl (C=O) groups excluding carboxylic acids is 1. The lowest BCUT2D eigenvalue weighted by Crippen LogP contribution is -2.12. The summed E-state index contributed by atoms with van der Waals surface area (Å²) in [5.74, 6) is 1.67. The summed E-state index contributed by atoms with van der Waals surface area (Å²) in [4.78, 5) is 21.0. The Labute approximate surface area is 148 Å². The van der Waals surface area contributed by atoms with Crippen LogP contribution >= 0.6 is 11.3 Å². The van der Waals surface area contributed by atoms with Crippen molar-refractivity contribution < 1.29 is 14.1 Å². The monoisotopic (exact) mass is 358 g/mol. The minimum atomic E-state index is -0.145. The molecule has 3 aromatic rings. The molecule has 0 aliphatic heterocycles. The second-order valence-electron chi connectivity index (χ2n) is 5.40. The Kier molecular flexibility index (Phi) is 5.39. The van der Waals surface area contributed by atoms with E-state index in [-0.39, 0.29) is 5.91 Å². The number of methoxy groups -OCH3 is 1.